The average molecular weight is 369 g/mol. The van der Waals surface area contributed by atoms with Crippen molar-refractivity contribution >= 4 is 44.8 Å². The quantitative estimate of drug-likeness (QED) is 0.675. The Morgan fingerprint density at radius 3 is 2.45 bits per heavy atom. The van der Waals surface area contributed by atoms with Crippen LogP contribution in [0.3, 0.4) is 0 Å². The fraction of sp³-hybridized carbons (Fsp3) is 0.500. The Morgan fingerprint density at radius 1 is 1.45 bits per heavy atom. The van der Waals surface area contributed by atoms with Gasteiger partial charge in [0, 0.05) is 0 Å². The lowest BCUT2D eigenvalue weighted by molar-refractivity contribution is -0.139. The number of halogens is 1. The second kappa shape index (κ2) is 7.40. The number of sulfonamides is 1. The molecule has 1 heterocycles. The third-order valence-corrected chi connectivity index (χ3v) is 6.38. The number of carboxylic acids is 1. The maximum absolute atomic E-state index is 12.2. The lowest BCUT2D eigenvalue weighted by Gasteiger charge is -2.13. The summed E-state index contributed by atoms with van der Waals surface area (Å²) in [4.78, 5) is 23.2. The van der Waals surface area contributed by atoms with Crippen LogP contribution in [0.15, 0.2) is 4.21 Å². The number of hydrogen-bond acceptors (Lipinski definition) is 5. The molecule has 7 nitrogen and oxygen atoms in total. The van der Waals surface area contributed by atoms with Gasteiger partial charge in [0.25, 0.3) is 5.91 Å². The van der Waals surface area contributed by atoms with Gasteiger partial charge >= 0.3 is 5.97 Å². The number of thiophene rings is 1. The molecule has 0 aliphatic carbocycles. The Balaban J connectivity index is 3.06. The molecule has 0 saturated carbocycles. The molecule has 0 radical (unpaired) electrons. The van der Waals surface area contributed by atoms with Gasteiger partial charge in [0.05, 0.1) is 5.02 Å². The number of aliphatic carboxylic acids is 1. The second-order valence-corrected chi connectivity index (χ2v) is 7.86. The van der Waals surface area contributed by atoms with Crippen molar-refractivity contribution in [1.29, 1.82) is 0 Å². The SMILES string of the molecule is CCCC[C@@H](NC(=O)c1sc(S(N)(=O)=O)c(C)c1Cl)C(=O)O. The zero-order valence-electron chi connectivity index (χ0n) is 12.1. The summed E-state index contributed by atoms with van der Waals surface area (Å²) >= 11 is 6.59. The largest absolute Gasteiger partial charge is 0.480 e. The zero-order chi connectivity index (χ0) is 17.1. The summed E-state index contributed by atoms with van der Waals surface area (Å²) in [6.45, 7) is 3.33. The number of carbonyl (C=O) groups is 2. The smallest absolute Gasteiger partial charge is 0.326 e. The van der Waals surface area contributed by atoms with Crippen LogP contribution in [-0.2, 0) is 14.8 Å². The number of nitrogens with two attached hydrogens (primary N) is 1. The van der Waals surface area contributed by atoms with E-state index in [1.165, 1.54) is 6.92 Å². The van der Waals surface area contributed by atoms with E-state index in [9.17, 15) is 18.0 Å². The van der Waals surface area contributed by atoms with Crippen LogP contribution < -0.4 is 10.5 Å². The fourth-order valence-corrected chi connectivity index (χ4v) is 4.27. The molecular weight excluding hydrogens is 352 g/mol. The molecule has 0 spiro atoms. The lowest BCUT2D eigenvalue weighted by Crippen LogP contribution is -2.40. The van der Waals surface area contributed by atoms with Gasteiger partial charge in [-0.1, -0.05) is 31.4 Å². The van der Waals surface area contributed by atoms with Crippen molar-refractivity contribution in [3.63, 3.8) is 0 Å². The molecule has 0 aliphatic rings. The van der Waals surface area contributed by atoms with E-state index in [1.54, 1.807) is 0 Å². The molecule has 0 bridgehead atoms. The van der Waals surface area contributed by atoms with Crippen LogP contribution in [0.1, 0.15) is 41.4 Å². The normalized spacial score (nSPS) is 12.9. The van der Waals surface area contributed by atoms with Gasteiger partial charge in [0.2, 0.25) is 10.0 Å². The summed E-state index contributed by atoms with van der Waals surface area (Å²) in [6, 6.07) is -1.05. The van der Waals surface area contributed by atoms with E-state index in [1.807, 2.05) is 6.92 Å². The van der Waals surface area contributed by atoms with Crippen molar-refractivity contribution in [2.24, 2.45) is 5.14 Å². The second-order valence-electron chi connectivity index (χ2n) is 4.71. The minimum Gasteiger partial charge on any atom is -0.480 e. The molecule has 1 atom stereocenters. The number of carbonyl (C=O) groups excluding carboxylic acids is 1. The summed E-state index contributed by atoms with van der Waals surface area (Å²) in [7, 11) is -3.99. The van der Waals surface area contributed by atoms with Crippen molar-refractivity contribution in [2.75, 3.05) is 0 Å². The maximum Gasteiger partial charge on any atom is 0.326 e. The van der Waals surface area contributed by atoms with Crippen LogP contribution in [0, 0.1) is 6.92 Å². The van der Waals surface area contributed by atoms with Crippen molar-refractivity contribution in [3.05, 3.63) is 15.5 Å². The molecule has 0 aliphatic heterocycles. The van der Waals surface area contributed by atoms with E-state index in [2.05, 4.69) is 5.32 Å². The Hall–Kier alpha value is -1.16. The van der Waals surface area contributed by atoms with E-state index >= 15 is 0 Å². The zero-order valence-corrected chi connectivity index (χ0v) is 14.4. The molecule has 0 saturated heterocycles. The van der Waals surface area contributed by atoms with Crippen molar-refractivity contribution < 1.29 is 23.1 Å². The predicted octanol–water partition coefficient (Wildman–Crippen LogP) is 1.73. The highest BCUT2D eigenvalue weighted by Crippen LogP contribution is 2.34. The molecular formula is C12H17ClN2O5S2. The van der Waals surface area contributed by atoms with Gasteiger partial charge in [-0.2, -0.15) is 0 Å². The monoisotopic (exact) mass is 368 g/mol. The maximum atomic E-state index is 12.2. The number of unbranched alkanes of at least 4 members (excludes halogenated alkanes) is 1. The molecule has 1 aromatic heterocycles. The molecule has 0 fully saturated rings. The number of primary sulfonamides is 1. The van der Waals surface area contributed by atoms with Gasteiger partial charge < -0.3 is 10.4 Å². The number of rotatable bonds is 7. The van der Waals surface area contributed by atoms with Crippen LogP contribution in [0.25, 0.3) is 0 Å². The average Bonchev–Trinajstić information content (AvgIpc) is 2.70. The van der Waals surface area contributed by atoms with Gasteiger partial charge in [0.15, 0.2) is 0 Å². The van der Waals surface area contributed by atoms with Crippen molar-refractivity contribution in [2.45, 2.75) is 43.4 Å². The third kappa shape index (κ3) is 4.42. The van der Waals surface area contributed by atoms with Crippen molar-refractivity contribution in [1.82, 2.24) is 5.32 Å². The van der Waals surface area contributed by atoms with Crippen LogP contribution in [-0.4, -0.2) is 31.4 Å². The van der Waals surface area contributed by atoms with E-state index in [0.717, 1.165) is 6.42 Å². The lowest BCUT2D eigenvalue weighted by atomic mass is 10.1. The van der Waals surface area contributed by atoms with Crippen LogP contribution in [0.2, 0.25) is 5.02 Å². The van der Waals surface area contributed by atoms with Gasteiger partial charge in [-0.05, 0) is 18.9 Å². The van der Waals surface area contributed by atoms with Crippen LogP contribution in [0.5, 0.6) is 0 Å². The molecule has 124 valence electrons. The highest BCUT2D eigenvalue weighted by molar-refractivity contribution is 7.91. The highest BCUT2D eigenvalue weighted by atomic mass is 35.5. The van der Waals surface area contributed by atoms with E-state index < -0.39 is 27.9 Å². The number of amides is 1. The summed E-state index contributed by atoms with van der Waals surface area (Å²) in [5.74, 6) is -1.88. The Kier molecular flexibility index (Phi) is 6.36. The van der Waals surface area contributed by atoms with E-state index in [0.29, 0.717) is 17.8 Å². The van der Waals surface area contributed by atoms with Crippen molar-refractivity contribution in [3.8, 4) is 0 Å². The molecule has 10 heteroatoms. The molecule has 1 amide bonds. The van der Waals surface area contributed by atoms with E-state index in [4.69, 9.17) is 21.8 Å². The highest BCUT2D eigenvalue weighted by Gasteiger charge is 2.27. The first-order valence-electron chi connectivity index (χ1n) is 6.44. The van der Waals surface area contributed by atoms with Gasteiger partial charge in [-0.15, -0.1) is 11.3 Å². The Bertz CT molecular complexity index is 684. The molecule has 4 N–H and O–H groups in total. The molecule has 0 unspecified atom stereocenters. The minimum atomic E-state index is -3.99. The molecule has 0 aromatic carbocycles. The summed E-state index contributed by atoms with van der Waals surface area (Å²) in [5, 5.41) is 16.5. The summed E-state index contributed by atoms with van der Waals surface area (Å²) in [6.07, 6.45) is 1.70. The topological polar surface area (TPSA) is 127 Å². The van der Waals surface area contributed by atoms with Gasteiger partial charge in [0.1, 0.15) is 15.1 Å². The minimum absolute atomic E-state index is 0.0360. The van der Waals surface area contributed by atoms with Crippen LogP contribution >= 0.6 is 22.9 Å². The number of hydrogen-bond donors (Lipinski definition) is 3. The standard InChI is InChI=1S/C12H17ClN2O5S2/c1-3-4-5-7(11(17)18)15-10(16)9-8(13)6(2)12(21-9)22(14,19)20/h7H,3-5H2,1-2H3,(H,15,16)(H,17,18)(H2,14,19,20)/t7-/m1/s1. The third-order valence-electron chi connectivity index (χ3n) is 2.94. The first-order chi connectivity index (χ1) is 10.1. The number of carboxylic acid groups (broad SMARTS) is 1. The fourth-order valence-electron chi connectivity index (χ4n) is 1.78. The first kappa shape index (κ1) is 18.9. The van der Waals surface area contributed by atoms with Gasteiger partial charge in [-0.3, -0.25) is 4.79 Å². The molecule has 22 heavy (non-hydrogen) atoms. The summed E-state index contributed by atoms with van der Waals surface area (Å²) in [5.41, 5.74) is 0.180. The van der Waals surface area contributed by atoms with Gasteiger partial charge in [-0.25, -0.2) is 18.4 Å². The Morgan fingerprint density at radius 2 is 2.05 bits per heavy atom. The molecule has 1 aromatic rings. The Labute approximate surface area is 137 Å². The van der Waals surface area contributed by atoms with E-state index in [-0.39, 0.29) is 26.1 Å². The molecule has 1 rings (SSSR count). The number of nitrogens with one attached hydrogen (secondary N) is 1. The summed E-state index contributed by atoms with van der Waals surface area (Å²) < 4.78 is 22.6. The first-order valence-corrected chi connectivity index (χ1v) is 9.19. The van der Waals surface area contributed by atoms with Crippen LogP contribution in [0.4, 0.5) is 0 Å². The predicted molar refractivity (Wildman–Crippen MR) is 83.9 cm³/mol.